The summed E-state index contributed by atoms with van der Waals surface area (Å²) in [4.78, 5) is 14.9. The lowest BCUT2D eigenvalue weighted by atomic mass is 10.3. The highest BCUT2D eigenvalue weighted by Crippen LogP contribution is 2.25. The number of carbonyl (C=O) groups is 1. The van der Waals surface area contributed by atoms with E-state index in [1.165, 1.54) is 30.5 Å². The van der Waals surface area contributed by atoms with Crippen LogP contribution in [0.3, 0.4) is 0 Å². The molecule has 20 heavy (non-hydrogen) atoms. The van der Waals surface area contributed by atoms with Gasteiger partial charge in [-0.2, -0.15) is 0 Å². The number of carbonyl (C=O) groups excluding carboxylic acids is 1. The van der Waals surface area contributed by atoms with E-state index in [1.54, 1.807) is 0 Å². The molecule has 2 aromatic rings. The van der Waals surface area contributed by atoms with Crippen LogP contribution in [-0.4, -0.2) is 19.2 Å². The maximum atomic E-state index is 12.2. The largest absolute Gasteiger partial charge is 0.398 e. The molecule has 0 amide bonds. The molecule has 0 saturated heterocycles. The number of anilines is 2. The van der Waals surface area contributed by atoms with Crippen LogP contribution in [0.5, 0.6) is 0 Å². The van der Waals surface area contributed by atoms with E-state index < -0.39 is 10.0 Å². The molecule has 0 aliphatic rings. The van der Waals surface area contributed by atoms with Crippen LogP contribution in [0.4, 0.5) is 10.8 Å². The predicted molar refractivity (Wildman–Crippen MR) is 78.8 cm³/mol. The summed E-state index contributed by atoms with van der Waals surface area (Å²) in [6.07, 6.45) is 0. The van der Waals surface area contributed by atoms with Crippen molar-refractivity contribution in [3.63, 3.8) is 0 Å². The van der Waals surface area contributed by atoms with Gasteiger partial charge in [-0.15, -0.1) is 11.3 Å². The maximum absolute atomic E-state index is 12.2. The van der Waals surface area contributed by atoms with Gasteiger partial charge >= 0.3 is 0 Å². The number of hydrogen-bond acceptors (Lipinski definition) is 6. The van der Waals surface area contributed by atoms with Crippen LogP contribution in [-0.2, 0) is 10.0 Å². The first-order valence-electron chi connectivity index (χ1n) is 5.34. The number of rotatable bonds is 4. The molecule has 9 heteroatoms. The number of halogens is 1. The second kappa shape index (κ2) is 5.39. The minimum atomic E-state index is -3.87. The second-order valence-electron chi connectivity index (χ2n) is 3.88. The van der Waals surface area contributed by atoms with Crippen molar-refractivity contribution in [2.24, 2.45) is 0 Å². The summed E-state index contributed by atoms with van der Waals surface area (Å²) in [6.45, 7) is 1.35. The molecule has 1 aromatic carbocycles. The smallest absolute Gasteiger partial charge is 0.265 e. The van der Waals surface area contributed by atoms with Gasteiger partial charge < -0.3 is 5.73 Å². The van der Waals surface area contributed by atoms with Crippen molar-refractivity contribution in [2.75, 3.05) is 10.5 Å². The molecule has 0 saturated carbocycles. The molecule has 0 bridgehead atoms. The molecule has 0 atom stereocenters. The molecule has 0 spiro atoms. The molecule has 0 unspecified atom stereocenters. The van der Waals surface area contributed by atoms with Gasteiger partial charge in [0.1, 0.15) is 10.6 Å². The first-order chi connectivity index (χ1) is 9.29. The molecule has 1 aromatic heterocycles. The van der Waals surface area contributed by atoms with Gasteiger partial charge in [0.2, 0.25) is 0 Å². The number of hydrogen-bond donors (Lipinski definition) is 2. The van der Waals surface area contributed by atoms with Crippen molar-refractivity contribution in [1.29, 1.82) is 0 Å². The summed E-state index contributed by atoms with van der Waals surface area (Å²) in [7, 11) is -3.87. The Bertz CT molecular complexity index is 771. The molecular formula is C11H10ClN3O3S2. The van der Waals surface area contributed by atoms with Crippen LogP contribution in [0.1, 0.15) is 17.4 Å². The van der Waals surface area contributed by atoms with Gasteiger partial charge in [0.05, 0.1) is 5.69 Å². The molecule has 0 aliphatic carbocycles. The Morgan fingerprint density at radius 2 is 2.15 bits per heavy atom. The van der Waals surface area contributed by atoms with Gasteiger partial charge in [-0.3, -0.25) is 9.52 Å². The van der Waals surface area contributed by atoms with Crippen LogP contribution in [0.15, 0.2) is 28.5 Å². The Kier molecular flexibility index (Phi) is 3.98. The lowest BCUT2D eigenvalue weighted by molar-refractivity contribution is 0.101. The zero-order valence-corrected chi connectivity index (χ0v) is 12.6. The number of ketones is 1. The summed E-state index contributed by atoms with van der Waals surface area (Å²) >= 11 is 6.74. The van der Waals surface area contributed by atoms with Crippen molar-refractivity contribution in [3.05, 3.63) is 34.3 Å². The molecular weight excluding hydrogens is 322 g/mol. The molecule has 6 nitrogen and oxygen atoms in total. The zero-order chi connectivity index (χ0) is 14.9. The number of sulfonamides is 1. The van der Waals surface area contributed by atoms with E-state index in [9.17, 15) is 13.2 Å². The third-order valence-electron chi connectivity index (χ3n) is 2.35. The van der Waals surface area contributed by atoms with Crippen LogP contribution < -0.4 is 10.5 Å². The summed E-state index contributed by atoms with van der Waals surface area (Å²) in [5, 5.41) is 1.92. The van der Waals surface area contributed by atoms with Gasteiger partial charge in [-0.05, 0) is 18.2 Å². The minimum absolute atomic E-state index is 0.0355. The minimum Gasteiger partial charge on any atom is -0.398 e. The molecule has 0 aliphatic heterocycles. The molecule has 2 rings (SSSR count). The fourth-order valence-electron chi connectivity index (χ4n) is 1.42. The van der Waals surface area contributed by atoms with E-state index in [4.69, 9.17) is 17.3 Å². The predicted octanol–water partition coefficient (Wildman–Crippen LogP) is 2.38. The monoisotopic (exact) mass is 331 g/mol. The number of benzene rings is 1. The summed E-state index contributed by atoms with van der Waals surface area (Å²) in [6, 6.07) is 4.08. The number of thiazole rings is 1. The van der Waals surface area contributed by atoms with E-state index in [2.05, 4.69) is 9.71 Å². The van der Waals surface area contributed by atoms with Crippen molar-refractivity contribution >= 4 is 49.6 Å². The number of nitrogens with zero attached hydrogens (tertiary/aromatic N) is 1. The van der Waals surface area contributed by atoms with E-state index in [1.807, 2.05) is 0 Å². The van der Waals surface area contributed by atoms with E-state index in [-0.39, 0.29) is 27.2 Å². The Morgan fingerprint density at radius 1 is 1.45 bits per heavy atom. The summed E-state index contributed by atoms with van der Waals surface area (Å²) in [5.74, 6) is -0.238. The Labute approximate surface area is 124 Å². The normalized spacial score (nSPS) is 11.3. The second-order valence-corrected chi connectivity index (χ2v) is 6.83. The molecule has 0 fully saturated rings. The number of nitrogen functional groups attached to an aromatic ring is 1. The topological polar surface area (TPSA) is 102 Å². The van der Waals surface area contributed by atoms with Gasteiger partial charge in [0.25, 0.3) is 10.0 Å². The summed E-state index contributed by atoms with van der Waals surface area (Å²) in [5.41, 5.74) is 5.88. The Hall–Kier alpha value is -1.64. The third-order valence-corrected chi connectivity index (χ3v) is 4.88. The SMILES string of the molecule is CC(=O)c1csc(NS(=O)(=O)c2ccc(Cl)cc2N)n1. The first-order valence-corrected chi connectivity index (χ1v) is 8.08. The van der Waals surface area contributed by atoms with Crippen molar-refractivity contribution < 1.29 is 13.2 Å². The highest BCUT2D eigenvalue weighted by molar-refractivity contribution is 7.93. The van der Waals surface area contributed by atoms with Gasteiger partial charge in [0, 0.05) is 17.3 Å². The number of nitrogens with two attached hydrogens (primary N) is 1. The average Bonchev–Trinajstić information content (AvgIpc) is 2.76. The molecule has 0 radical (unpaired) electrons. The summed E-state index contributed by atoms with van der Waals surface area (Å²) < 4.78 is 26.6. The van der Waals surface area contributed by atoms with Crippen molar-refractivity contribution in [3.8, 4) is 0 Å². The fraction of sp³-hybridized carbons (Fsp3) is 0.0909. The maximum Gasteiger partial charge on any atom is 0.265 e. The van der Waals surface area contributed by atoms with Crippen LogP contribution in [0.25, 0.3) is 0 Å². The number of aromatic nitrogens is 1. The molecule has 106 valence electrons. The Morgan fingerprint density at radius 3 is 2.70 bits per heavy atom. The first kappa shape index (κ1) is 14.8. The number of Topliss-reactive ketones (excluding diaryl/α,β-unsaturated/α-hetero) is 1. The standard InChI is InChI=1S/C11H10ClN3O3S2/c1-6(16)9-5-19-11(14-9)15-20(17,18)10-3-2-7(12)4-8(10)13/h2-5H,13H2,1H3,(H,14,15). The van der Waals surface area contributed by atoms with Gasteiger partial charge in [0.15, 0.2) is 10.9 Å². The highest BCUT2D eigenvalue weighted by atomic mass is 35.5. The quantitative estimate of drug-likeness (QED) is 0.661. The van der Waals surface area contributed by atoms with E-state index in [0.717, 1.165) is 11.3 Å². The van der Waals surface area contributed by atoms with E-state index >= 15 is 0 Å². The van der Waals surface area contributed by atoms with Gasteiger partial charge in [-0.1, -0.05) is 11.6 Å². The number of nitrogens with one attached hydrogen (secondary N) is 1. The van der Waals surface area contributed by atoms with E-state index in [0.29, 0.717) is 5.02 Å². The van der Waals surface area contributed by atoms with Crippen LogP contribution in [0.2, 0.25) is 5.02 Å². The van der Waals surface area contributed by atoms with Crippen LogP contribution >= 0.6 is 22.9 Å². The third kappa shape index (κ3) is 3.09. The fourth-order valence-corrected chi connectivity index (χ4v) is 3.71. The van der Waals surface area contributed by atoms with Crippen molar-refractivity contribution in [1.82, 2.24) is 4.98 Å². The molecule has 3 N–H and O–H groups in total. The lowest BCUT2D eigenvalue weighted by Crippen LogP contribution is -2.14. The van der Waals surface area contributed by atoms with Crippen molar-refractivity contribution in [2.45, 2.75) is 11.8 Å². The zero-order valence-electron chi connectivity index (χ0n) is 10.3. The van der Waals surface area contributed by atoms with Gasteiger partial charge in [-0.25, -0.2) is 13.4 Å². The highest BCUT2D eigenvalue weighted by Gasteiger charge is 2.19. The lowest BCUT2D eigenvalue weighted by Gasteiger charge is -2.08. The van der Waals surface area contributed by atoms with Crippen LogP contribution in [0, 0.1) is 0 Å². The Balaban J connectivity index is 2.33. The average molecular weight is 332 g/mol. The molecule has 1 heterocycles.